The molecule has 0 spiro atoms. The predicted octanol–water partition coefficient (Wildman–Crippen LogP) is 3.60. The molecule has 1 aliphatic heterocycles. The summed E-state index contributed by atoms with van der Waals surface area (Å²) in [6.07, 6.45) is 2.55. The number of carbonyl (C=O) groups is 1. The summed E-state index contributed by atoms with van der Waals surface area (Å²) in [7, 11) is 1.63. The number of rotatable bonds is 5. The average Bonchev–Trinajstić information content (AvgIpc) is 2.99. The molecule has 1 heterocycles. The molecule has 0 N–H and O–H groups in total. The Balaban J connectivity index is 1.74. The van der Waals surface area contributed by atoms with Gasteiger partial charge < -0.3 is 14.2 Å². The highest BCUT2D eigenvalue weighted by Gasteiger charge is 2.18. The molecule has 0 radical (unpaired) electrons. The van der Waals surface area contributed by atoms with Crippen LogP contribution >= 0.6 is 0 Å². The summed E-state index contributed by atoms with van der Waals surface area (Å²) >= 11 is 0. The van der Waals surface area contributed by atoms with Gasteiger partial charge in [0.1, 0.15) is 18.1 Å². The SMILES string of the molecule is COc1ccc(OCc2ccccc2/C=C2\CCOC2=O)cc1. The second-order valence-electron chi connectivity index (χ2n) is 5.22. The van der Waals surface area contributed by atoms with Gasteiger partial charge in [-0.2, -0.15) is 0 Å². The third-order valence-corrected chi connectivity index (χ3v) is 3.71. The summed E-state index contributed by atoms with van der Waals surface area (Å²) in [5.41, 5.74) is 2.72. The van der Waals surface area contributed by atoms with Crippen LogP contribution in [0.5, 0.6) is 11.5 Å². The van der Waals surface area contributed by atoms with Gasteiger partial charge in [-0.25, -0.2) is 4.79 Å². The van der Waals surface area contributed by atoms with E-state index in [9.17, 15) is 4.79 Å². The van der Waals surface area contributed by atoms with E-state index in [0.29, 0.717) is 25.2 Å². The first kappa shape index (κ1) is 15.2. The molecule has 2 aromatic rings. The molecule has 0 amide bonds. The molecular formula is C19H18O4. The largest absolute Gasteiger partial charge is 0.497 e. The molecule has 2 aromatic carbocycles. The summed E-state index contributed by atoms with van der Waals surface area (Å²) < 4.78 is 15.9. The van der Waals surface area contributed by atoms with Crippen LogP contribution in [-0.2, 0) is 16.1 Å². The van der Waals surface area contributed by atoms with Crippen molar-refractivity contribution in [3.05, 3.63) is 65.2 Å². The lowest BCUT2D eigenvalue weighted by Crippen LogP contribution is -1.99. The van der Waals surface area contributed by atoms with Gasteiger partial charge in [-0.1, -0.05) is 24.3 Å². The minimum atomic E-state index is -0.226. The van der Waals surface area contributed by atoms with Gasteiger partial charge in [0.2, 0.25) is 0 Å². The predicted molar refractivity (Wildman–Crippen MR) is 87.3 cm³/mol. The maximum atomic E-state index is 11.6. The molecule has 4 heteroatoms. The number of benzene rings is 2. The van der Waals surface area contributed by atoms with Crippen molar-refractivity contribution < 1.29 is 19.0 Å². The van der Waals surface area contributed by atoms with Gasteiger partial charge in [-0.3, -0.25) is 0 Å². The quantitative estimate of drug-likeness (QED) is 0.625. The van der Waals surface area contributed by atoms with Gasteiger partial charge in [0.25, 0.3) is 0 Å². The van der Waals surface area contributed by atoms with Crippen molar-refractivity contribution in [2.45, 2.75) is 13.0 Å². The zero-order chi connectivity index (χ0) is 16.1. The minimum absolute atomic E-state index is 0.226. The molecule has 3 rings (SSSR count). The van der Waals surface area contributed by atoms with Crippen LogP contribution in [0.15, 0.2) is 54.1 Å². The van der Waals surface area contributed by atoms with Gasteiger partial charge in [-0.15, -0.1) is 0 Å². The Morgan fingerprint density at radius 3 is 2.52 bits per heavy atom. The molecule has 0 atom stereocenters. The maximum Gasteiger partial charge on any atom is 0.334 e. The number of carbonyl (C=O) groups excluding carboxylic acids is 1. The molecule has 1 fully saturated rings. The van der Waals surface area contributed by atoms with Crippen molar-refractivity contribution >= 4 is 12.0 Å². The number of cyclic esters (lactones) is 1. The molecular weight excluding hydrogens is 292 g/mol. The first-order valence-electron chi connectivity index (χ1n) is 7.49. The van der Waals surface area contributed by atoms with Crippen molar-refractivity contribution in [3.63, 3.8) is 0 Å². The Morgan fingerprint density at radius 1 is 1.09 bits per heavy atom. The molecule has 1 aliphatic rings. The normalized spacial score (nSPS) is 15.5. The van der Waals surface area contributed by atoms with Crippen molar-refractivity contribution in [2.24, 2.45) is 0 Å². The third kappa shape index (κ3) is 3.72. The van der Waals surface area contributed by atoms with Gasteiger partial charge >= 0.3 is 5.97 Å². The Hall–Kier alpha value is -2.75. The summed E-state index contributed by atoms with van der Waals surface area (Å²) in [5.74, 6) is 1.34. The van der Waals surface area contributed by atoms with E-state index in [1.165, 1.54) is 0 Å². The Kier molecular flexibility index (Phi) is 4.62. The Morgan fingerprint density at radius 2 is 1.83 bits per heavy atom. The molecule has 118 valence electrons. The monoisotopic (exact) mass is 310 g/mol. The molecule has 0 saturated carbocycles. The highest BCUT2D eigenvalue weighted by atomic mass is 16.5. The van der Waals surface area contributed by atoms with E-state index in [1.54, 1.807) is 7.11 Å². The fraction of sp³-hybridized carbons (Fsp3) is 0.211. The molecule has 0 aliphatic carbocycles. The molecule has 0 aromatic heterocycles. The smallest absolute Gasteiger partial charge is 0.334 e. The van der Waals surface area contributed by atoms with E-state index >= 15 is 0 Å². The van der Waals surface area contributed by atoms with E-state index in [2.05, 4.69) is 0 Å². The standard InChI is InChI=1S/C19H18O4/c1-21-17-6-8-18(9-7-17)23-13-16-5-3-2-4-14(16)12-15-10-11-22-19(15)20/h2-9,12H,10-11,13H2,1H3/b15-12+. The van der Waals surface area contributed by atoms with E-state index in [4.69, 9.17) is 14.2 Å². The van der Waals surface area contributed by atoms with Crippen LogP contribution in [0.2, 0.25) is 0 Å². The summed E-state index contributed by atoms with van der Waals surface area (Å²) in [6.45, 7) is 0.899. The van der Waals surface area contributed by atoms with E-state index in [0.717, 1.165) is 22.6 Å². The van der Waals surface area contributed by atoms with Crippen LogP contribution in [-0.4, -0.2) is 19.7 Å². The highest BCUT2D eigenvalue weighted by molar-refractivity contribution is 5.95. The number of ether oxygens (including phenoxy) is 3. The van der Waals surface area contributed by atoms with E-state index < -0.39 is 0 Å². The molecule has 1 saturated heterocycles. The number of hydrogen-bond acceptors (Lipinski definition) is 4. The topological polar surface area (TPSA) is 44.8 Å². The van der Waals surface area contributed by atoms with Crippen LogP contribution in [0.1, 0.15) is 17.5 Å². The first-order chi connectivity index (χ1) is 11.3. The van der Waals surface area contributed by atoms with Crippen LogP contribution in [0, 0.1) is 0 Å². The molecule has 23 heavy (non-hydrogen) atoms. The van der Waals surface area contributed by atoms with Crippen LogP contribution in [0.25, 0.3) is 6.08 Å². The number of hydrogen-bond donors (Lipinski definition) is 0. The summed E-state index contributed by atoms with van der Waals surface area (Å²) in [5, 5.41) is 0. The zero-order valence-electron chi connectivity index (χ0n) is 13.0. The minimum Gasteiger partial charge on any atom is -0.497 e. The maximum absolute atomic E-state index is 11.6. The zero-order valence-corrected chi connectivity index (χ0v) is 13.0. The van der Waals surface area contributed by atoms with Gasteiger partial charge in [0, 0.05) is 12.0 Å². The van der Waals surface area contributed by atoms with Gasteiger partial charge in [0.05, 0.1) is 13.7 Å². The second-order valence-corrected chi connectivity index (χ2v) is 5.22. The van der Waals surface area contributed by atoms with Crippen molar-refractivity contribution in [3.8, 4) is 11.5 Å². The summed E-state index contributed by atoms with van der Waals surface area (Å²) in [4.78, 5) is 11.6. The number of methoxy groups -OCH3 is 1. The van der Waals surface area contributed by atoms with E-state index in [1.807, 2.05) is 54.6 Å². The second kappa shape index (κ2) is 7.01. The average molecular weight is 310 g/mol. The lowest BCUT2D eigenvalue weighted by molar-refractivity contribution is -0.134. The molecule has 4 nitrogen and oxygen atoms in total. The van der Waals surface area contributed by atoms with Crippen LogP contribution in [0.3, 0.4) is 0 Å². The summed E-state index contributed by atoms with van der Waals surface area (Å²) in [6, 6.07) is 15.3. The van der Waals surface area contributed by atoms with Crippen molar-refractivity contribution in [2.75, 3.05) is 13.7 Å². The fourth-order valence-electron chi connectivity index (χ4n) is 2.41. The Labute approximate surface area is 135 Å². The van der Waals surface area contributed by atoms with Crippen molar-refractivity contribution in [1.82, 2.24) is 0 Å². The third-order valence-electron chi connectivity index (χ3n) is 3.71. The molecule has 0 unspecified atom stereocenters. The lowest BCUT2D eigenvalue weighted by Gasteiger charge is -2.10. The van der Waals surface area contributed by atoms with Gasteiger partial charge in [-0.05, 0) is 41.5 Å². The van der Waals surface area contributed by atoms with Gasteiger partial charge in [0.15, 0.2) is 0 Å². The number of esters is 1. The fourth-order valence-corrected chi connectivity index (χ4v) is 2.41. The lowest BCUT2D eigenvalue weighted by atomic mass is 10.0. The van der Waals surface area contributed by atoms with E-state index in [-0.39, 0.29) is 5.97 Å². The van der Waals surface area contributed by atoms with Crippen molar-refractivity contribution in [1.29, 1.82) is 0 Å². The Bertz CT molecular complexity index is 716. The molecule has 0 bridgehead atoms. The highest BCUT2D eigenvalue weighted by Crippen LogP contribution is 2.22. The first-order valence-corrected chi connectivity index (χ1v) is 7.49. The van der Waals surface area contributed by atoms with Crippen LogP contribution < -0.4 is 9.47 Å². The van der Waals surface area contributed by atoms with Crippen LogP contribution in [0.4, 0.5) is 0 Å².